The van der Waals surface area contributed by atoms with E-state index in [0.29, 0.717) is 22.3 Å². The molecule has 0 saturated carbocycles. The van der Waals surface area contributed by atoms with Gasteiger partial charge in [-0.1, -0.05) is 108 Å². The lowest BCUT2D eigenvalue weighted by Crippen LogP contribution is -2.71. The molecule has 1 fully saturated rings. The molecule has 2 atom stereocenters. The summed E-state index contributed by atoms with van der Waals surface area (Å²) in [4.78, 5) is 64.5. The number of hydrogen-bond acceptors (Lipinski definition) is 14. The van der Waals surface area contributed by atoms with Crippen molar-refractivity contribution in [2.75, 3.05) is 24.6 Å². The van der Waals surface area contributed by atoms with E-state index in [2.05, 4.69) is 20.2 Å². The number of esters is 2. The van der Waals surface area contributed by atoms with Gasteiger partial charge in [0.05, 0.1) is 0 Å². The minimum absolute atomic E-state index is 0.0184. The lowest BCUT2D eigenvalue weighted by molar-refractivity contribution is -0.201. The summed E-state index contributed by atoms with van der Waals surface area (Å²) in [5.74, 6) is -6.24. The maximum atomic E-state index is 14.2. The highest BCUT2D eigenvalue weighted by molar-refractivity contribution is 8.08. The molecule has 6 rings (SSSR count). The molecule has 2 unspecified atom stereocenters. The summed E-state index contributed by atoms with van der Waals surface area (Å²) in [6.07, 6.45) is -5.48. The standard InChI is InChI=1S/C37H32F3N7O6S3/c38-37(39,40)34(51)52-33(50)29-26(54-18-21(16-41)17-42)20-55-32-28(31(49)47(29)32)45-30(48)27(25-19-56-35(43)44-25)46-53-36(22-10-4-1-5-11-22,23-12-6-2-7-13-23)24-14-8-3-9-15-24/h1-15,18-19,28,32H,16-17,20,41-42H2,(H2,43,44)(H,45,48)/b46-27-. The van der Waals surface area contributed by atoms with E-state index in [-0.39, 0.29) is 40.3 Å². The average Bonchev–Trinajstić information content (AvgIpc) is 3.64. The van der Waals surface area contributed by atoms with Gasteiger partial charge in [-0.15, -0.1) is 23.1 Å². The minimum atomic E-state index is -5.48. The number of thiazole rings is 1. The normalized spacial score (nSPS) is 17.1. The number of anilines is 1. The van der Waals surface area contributed by atoms with Crippen LogP contribution in [0.3, 0.4) is 0 Å². The number of oxime groups is 1. The summed E-state index contributed by atoms with van der Waals surface area (Å²) < 4.78 is 43.4. The van der Waals surface area contributed by atoms with E-state index in [1.54, 1.807) is 0 Å². The van der Waals surface area contributed by atoms with Gasteiger partial charge < -0.3 is 32.1 Å². The number of nitrogens with zero attached hydrogens (tertiary/aromatic N) is 3. The smallest absolute Gasteiger partial charge is 0.382 e. The number of nitrogens with one attached hydrogen (secondary N) is 1. The molecule has 1 aromatic heterocycles. The zero-order valence-electron chi connectivity index (χ0n) is 29.0. The molecule has 2 aliphatic heterocycles. The summed E-state index contributed by atoms with van der Waals surface area (Å²) in [5.41, 5.74) is 17.6. The number of benzene rings is 3. The van der Waals surface area contributed by atoms with Gasteiger partial charge in [-0.2, -0.15) is 13.2 Å². The fourth-order valence-corrected chi connectivity index (χ4v) is 8.81. The number of ether oxygens (including phenoxy) is 1. The molecule has 290 valence electrons. The quantitative estimate of drug-likeness (QED) is 0.0374. The first-order chi connectivity index (χ1) is 26.9. The second-order valence-corrected chi connectivity index (χ2v) is 14.9. The van der Waals surface area contributed by atoms with E-state index < -0.39 is 52.6 Å². The van der Waals surface area contributed by atoms with Gasteiger partial charge >= 0.3 is 18.1 Å². The van der Waals surface area contributed by atoms with Crippen LogP contribution >= 0.6 is 34.9 Å². The van der Waals surface area contributed by atoms with Crippen LogP contribution in [0.2, 0.25) is 0 Å². The monoisotopic (exact) mass is 823 g/mol. The lowest BCUT2D eigenvalue weighted by atomic mass is 9.80. The molecule has 0 bridgehead atoms. The first kappa shape index (κ1) is 40.2. The topological polar surface area (TPSA) is 205 Å². The third-order valence-corrected chi connectivity index (χ3v) is 11.7. The fraction of sp³-hybridized carbons (Fsp3) is 0.189. The van der Waals surface area contributed by atoms with Crippen molar-refractivity contribution in [2.24, 2.45) is 16.6 Å². The number of aromatic nitrogens is 1. The number of halogens is 3. The van der Waals surface area contributed by atoms with Gasteiger partial charge in [-0.25, -0.2) is 14.6 Å². The van der Waals surface area contributed by atoms with Crippen molar-refractivity contribution in [2.45, 2.75) is 23.2 Å². The van der Waals surface area contributed by atoms with E-state index >= 15 is 0 Å². The summed E-state index contributed by atoms with van der Waals surface area (Å²) in [6.45, 7) is 0.105. The molecule has 3 aromatic carbocycles. The first-order valence-corrected chi connectivity index (χ1v) is 19.4. The van der Waals surface area contributed by atoms with Gasteiger partial charge in [-0.3, -0.25) is 14.5 Å². The Kier molecular flexibility index (Phi) is 12.3. The number of carbonyl (C=O) groups excluding carboxylic acids is 4. The summed E-state index contributed by atoms with van der Waals surface area (Å²) in [5, 5.41) is 9.15. The van der Waals surface area contributed by atoms with Gasteiger partial charge in [-0.05, 0) is 11.0 Å². The van der Waals surface area contributed by atoms with E-state index in [1.807, 2.05) is 91.0 Å². The molecule has 19 heteroatoms. The number of amides is 2. The summed E-state index contributed by atoms with van der Waals surface area (Å²) in [6, 6.07) is 26.4. The summed E-state index contributed by atoms with van der Waals surface area (Å²) >= 11 is 3.04. The van der Waals surface area contributed by atoms with E-state index in [0.717, 1.165) is 39.8 Å². The number of rotatable bonds is 13. The SMILES string of the molecule is NCC(=CSC1=C(C(=O)OC(=O)C(F)(F)F)N2C(=O)C(NC(=O)/C(=N\OC(c3ccccc3)(c3ccccc3)c3ccccc3)c3csc(N)n3)C2SC1)CN. The number of alkyl halides is 3. The Morgan fingerprint density at radius 2 is 1.50 bits per heavy atom. The number of β-lactam (4-membered cyclic amide) rings is 1. The molecule has 0 spiro atoms. The highest BCUT2D eigenvalue weighted by Gasteiger charge is 2.56. The molecule has 13 nitrogen and oxygen atoms in total. The van der Waals surface area contributed by atoms with Gasteiger partial charge in [0.25, 0.3) is 11.8 Å². The molecule has 1 saturated heterocycles. The van der Waals surface area contributed by atoms with Crippen molar-refractivity contribution >= 4 is 69.5 Å². The number of fused-ring (bicyclic) bond motifs is 1. The zero-order chi connectivity index (χ0) is 40.0. The van der Waals surface area contributed by atoms with Gasteiger partial charge in [0, 0.05) is 45.8 Å². The van der Waals surface area contributed by atoms with Crippen molar-refractivity contribution in [3.63, 3.8) is 0 Å². The number of nitrogen functional groups attached to an aromatic ring is 1. The zero-order valence-corrected chi connectivity index (χ0v) is 31.4. The molecular weight excluding hydrogens is 792 g/mol. The second-order valence-electron chi connectivity index (χ2n) is 12.0. The van der Waals surface area contributed by atoms with Crippen LogP contribution in [0.4, 0.5) is 18.3 Å². The number of carbonyl (C=O) groups is 4. The van der Waals surface area contributed by atoms with Crippen LogP contribution < -0.4 is 22.5 Å². The van der Waals surface area contributed by atoms with E-state index in [9.17, 15) is 32.3 Å². The van der Waals surface area contributed by atoms with Crippen LogP contribution in [0, 0.1) is 0 Å². The van der Waals surface area contributed by atoms with Crippen molar-refractivity contribution in [1.29, 1.82) is 0 Å². The minimum Gasteiger partial charge on any atom is -0.382 e. The Morgan fingerprint density at radius 3 is 1.98 bits per heavy atom. The third-order valence-electron chi connectivity index (χ3n) is 8.52. The molecule has 2 aliphatic rings. The molecule has 2 amide bonds. The Balaban J connectivity index is 1.35. The van der Waals surface area contributed by atoms with Crippen LogP contribution in [0.25, 0.3) is 0 Å². The van der Waals surface area contributed by atoms with Gasteiger partial charge in [0.2, 0.25) is 5.60 Å². The Hall–Kier alpha value is -5.47. The van der Waals surface area contributed by atoms with Crippen LogP contribution in [-0.4, -0.2) is 75.8 Å². The van der Waals surface area contributed by atoms with Crippen molar-refractivity contribution in [3.8, 4) is 0 Å². The molecule has 0 aliphatic carbocycles. The molecule has 4 aromatic rings. The predicted molar refractivity (Wildman–Crippen MR) is 206 cm³/mol. The molecule has 3 heterocycles. The summed E-state index contributed by atoms with van der Waals surface area (Å²) in [7, 11) is 0. The Morgan fingerprint density at radius 1 is 0.946 bits per heavy atom. The maximum Gasteiger partial charge on any atom is 0.491 e. The Labute approximate surface area is 330 Å². The predicted octanol–water partition coefficient (Wildman–Crippen LogP) is 4.22. The molecular formula is C37H32F3N7O6S3. The van der Waals surface area contributed by atoms with Gasteiger partial charge in [0.15, 0.2) is 10.8 Å². The van der Waals surface area contributed by atoms with Crippen molar-refractivity contribution in [1.82, 2.24) is 15.2 Å². The second kappa shape index (κ2) is 17.1. The highest BCUT2D eigenvalue weighted by Crippen LogP contribution is 2.45. The molecule has 0 radical (unpaired) electrons. The lowest BCUT2D eigenvalue weighted by Gasteiger charge is -2.49. The number of hydrogen-bond donors (Lipinski definition) is 4. The number of nitrogens with two attached hydrogens (primary N) is 3. The van der Waals surface area contributed by atoms with Crippen LogP contribution in [-0.2, 0) is 34.4 Å². The fourth-order valence-electron chi connectivity index (χ4n) is 5.80. The van der Waals surface area contributed by atoms with Crippen LogP contribution in [0.15, 0.2) is 123 Å². The van der Waals surface area contributed by atoms with Crippen molar-refractivity contribution < 1.29 is 41.9 Å². The average molecular weight is 824 g/mol. The largest absolute Gasteiger partial charge is 0.491 e. The van der Waals surface area contributed by atoms with Gasteiger partial charge in [0.1, 0.15) is 22.8 Å². The third kappa shape index (κ3) is 8.21. The molecule has 56 heavy (non-hydrogen) atoms. The number of thioether (sulfide) groups is 2. The maximum absolute atomic E-state index is 14.2. The van der Waals surface area contributed by atoms with E-state index in [1.165, 1.54) is 10.8 Å². The van der Waals surface area contributed by atoms with Crippen LogP contribution in [0.1, 0.15) is 22.4 Å². The molecule has 7 N–H and O–H groups in total. The first-order valence-electron chi connectivity index (χ1n) is 16.6. The van der Waals surface area contributed by atoms with Crippen LogP contribution in [0.5, 0.6) is 0 Å². The highest BCUT2D eigenvalue weighted by atomic mass is 32.2. The van der Waals surface area contributed by atoms with Crippen molar-refractivity contribution in [3.05, 3.63) is 140 Å². The van der Waals surface area contributed by atoms with E-state index in [4.69, 9.17) is 22.0 Å². The Bertz CT molecular complexity index is 2100.